The number of hydrogen-bond acceptors (Lipinski definition) is 4. The Bertz CT molecular complexity index is 800. The van der Waals surface area contributed by atoms with Gasteiger partial charge in [0, 0.05) is 30.1 Å². The maximum absolute atomic E-state index is 6.11. The first kappa shape index (κ1) is 26.3. The molecule has 1 heterocycles. The molecule has 0 amide bonds. The maximum Gasteiger partial charge on any atom is 0.191 e. The lowest BCUT2D eigenvalue weighted by atomic mass is 10.00. The molecule has 2 unspecified atom stereocenters. The summed E-state index contributed by atoms with van der Waals surface area (Å²) < 4.78 is 11.4. The molecule has 0 fully saturated rings. The third-order valence-corrected chi connectivity index (χ3v) is 5.03. The van der Waals surface area contributed by atoms with Gasteiger partial charge in [0.05, 0.1) is 18.3 Å². The molecule has 0 bridgehead atoms. The SMILES string of the molecule is CCNC(=NCc1ccc(C)cc1OC(C)CC)NCC(C)c1c(C)noc1C.I. The summed E-state index contributed by atoms with van der Waals surface area (Å²) in [5.41, 5.74) is 4.39. The van der Waals surface area contributed by atoms with Crippen molar-refractivity contribution in [3.63, 3.8) is 0 Å². The van der Waals surface area contributed by atoms with E-state index in [1.807, 2.05) is 13.8 Å². The molecule has 0 saturated heterocycles. The molecule has 30 heavy (non-hydrogen) atoms. The summed E-state index contributed by atoms with van der Waals surface area (Å²) in [5, 5.41) is 10.8. The van der Waals surface area contributed by atoms with Crippen LogP contribution in [0, 0.1) is 20.8 Å². The Morgan fingerprint density at radius 1 is 1.17 bits per heavy atom. The first-order valence-electron chi connectivity index (χ1n) is 10.6. The molecule has 2 aromatic rings. The molecule has 168 valence electrons. The normalized spacial score (nSPS) is 13.4. The fourth-order valence-electron chi connectivity index (χ4n) is 3.25. The lowest BCUT2D eigenvalue weighted by Crippen LogP contribution is -2.39. The molecule has 0 spiro atoms. The Balaban J connectivity index is 0.00000450. The number of nitrogens with one attached hydrogen (secondary N) is 2. The average molecular weight is 528 g/mol. The lowest BCUT2D eigenvalue weighted by molar-refractivity contribution is 0.215. The van der Waals surface area contributed by atoms with Crippen LogP contribution in [-0.2, 0) is 6.54 Å². The number of rotatable bonds is 9. The van der Waals surface area contributed by atoms with Crippen LogP contribution in [0.3, 0.4) is 0 Å². The summed E-state index contributed by atoms with van der Waals surface area (Å²) in [6.45, 7) is 16.6. The predicted octanol–water partition coefficient (Wildman–Crippen LogP) is 5.25. The van der Waals surface area contributed by atoms with Crippen LogP contribution in [0.5, 0.6) is 5.75 Å². The minimum atomic E-state index is 0. The Labute approximate surface area is 198 Å². The van der Waals surface area contributed by atoms with Crippen LogP contribution >= 0.6 is 24.0 Å². The fourth-order valence-corrected chi connectivity index (χ4v) is 3.25. The van der Waals surface area contributed by atoms with E-state index < -0.39 is 0 Å². The number of aryl methyl sites for hydroxylation is 3. The van der Waals surface area contributed by atoms with Crippen molar-refractivity contribution in [1.82, 2.24) is 15.8 Å². The number of halogens is 1. The zero-order chi connectivity index (χ0) is 21.4. The molecule has 2 N–H and O–H groups in total. The summed E-state index contributed by atoms with van der Waals surface area (Å²) in [6, 6.07) is 6.30. The lowest BCUT2D eigenvalue weighted by Gasteiger charge is -2.18. The highest BCUT2D eigenvalue weighted by Gasteiger charge is 2.16. The van der Waals surface area contributed by atoms with Crippen molar-refractivity contribution in [2.45, 2.75) is 73.5 Å². The van der Waals surface area contributed by atoms with Gasteiger partial charge >= 0.3 is 0 Å². The molecule has 2 atom stereocenters. The van der Waals surface area contributed by atoms with Crippen LogP contribution in [0.2, 0.25) is 0 Å². The molecule has 1 aromatic carbocycles. The number of aromatic nitrogens is 1. The van der Waals surface area contributed by atoms with Crippen LogP contribution < -0.4 is 15.4 Å². The average Bonchev–Trinajstić information content (AvgIpc) is 3.03. The number of hydrogen-bond donors (Lipinski definition) is 2. The van der Waals surface area contributed by atoms with Crippen molar-refractivity contribution in [1.29, 1.82) is 0 Å². The first-order valence-corrected chi connectivity index (χ1v) is 10.6. The highest BCUT2D eigenvalue weighted by Crippen LogP contribution is 2.24. The van der Waals surface area contributed by atoms with Crippen LogP contribution in [0.4, 0.5) is 0 Å². The minimum Gasteiger partial charge on any atom is -0.490 e. The van der Waals surface area contributed by atoms with Crippen LogP contribution in [-0.4, -0.2) is 30.3 Å². The number of nitrogens with zero attached hydrogens (tertiary/aromatic N) is 2. The Kier molecular flexibility index (Phi) is 11.2. The van der Waals surface area contributed by atoms with Gasteiger partial charge in [-0.15, -0.1) is 24.0 Å². The summed E-state index contributed by atoms with van der Waals surface area (Å²) in [7, 11) is 0. The van der Waals surface area contributed by atoms with Crippen molar-refractivity contribution in [3.8, 4) is 5.75 Å². The number of benzene rings is 1. The van der Waals surface area contributed by atoms with E-state index in [0.717, 1.165) is 53.8 Å². The van der Waals surface area contributed by atoms with E-state index >= 15 is 0 Å². The van der Waals surface area contributed by atoms with E-state index in [1.54, 1.807) is 0 Å². The van der Waals surface area contributed by atoms with Gasteiger partial charge in [0.2, 0.25) is 0 Å². The summed E-state index contributed by atoms with van der Waals surface area (Å²) >= 11 is 0. The number of ether oxygens (including phenoxy) is 1. The first-order chi connectivity index (χ1) is 13.8. The van der Waals surface area contributed by atoms with Crippen LogP contribution in [0.15, 0.2) is 27.7 Å². The number of aliphatic imine (C=N–C) groups is 1. The molecule has 6 nitrogen and oxygen atoms in total. The highest BCUT2D eigenvalue weighted by molar-refractivity contribution is 14.0. The second kappa shape index (κ2) is 12.8. The van der Waals surface area contributed by atoms with E-state index in [-0.39, 0.29) is 36.0 Å². The topological polar surface area (TPSA) is 71.7 Å². The third kappa shape index (κ3) is 7.49. The largest absolute Gasteiger partial charge is 0.490 e. The second-order valence-electron chi connectivity index (χ2n) is 7.66. The predicted molar refractivity (Wildman–Crippen MR) is 134 cm³/mol. The molecular weight excluding hydrogens is 491 g/mol. The minimum absolute atomic E-state index is 0. The standard InChI is InChI=1S/C23H36N4O2.HI/c1-8-17(5)28-21-12-15(3)10-11-20(21)14-26-23(24-9-2)25-13-16(4)22-18(6)27-29-19(22)7;/h10-12,16-17H,8-9,13-14H2,1-7H3,(H2,24,25,26);1H. The van der Waals surface area contributed by atoms with Gasteiger partial charge in [-0.25, -0.2) is 4.99 Å². The van der Waals surface area contributed by atoms with E-state index in [0.29, 0.717) is 6.54 Å². The zero-order valence-electron chi connectivity index (χ0n) is 19.3. The Morgan fingerprint density at radius 2 is 1.90 bits per heavy atom. The molecule has 1 aromatic heterocycles. The summed E-state index contributed by atoms with van der Waals surface area (Å²) in [6.07, 6.45) is 1.15. The summed E-state index contributed by atoms with van der Waals surface area (Å²) in [4.78, 5) is 4.78. The third-order valence-electron chi connectivity index (χ3n) is 5.03. The zero-order valence-corrected chi connectivity index (χ0v) is 21.7. The van der Waals surface area contributed by atoms with E-state index in [1.165, 1.54) is 5.56 Å². The van der Waals surface area contributed by atoms with Crippen molar-refractivity contribution in [2.24, 2.45) is 4.99 Å². The number of guanidine groups is 1. The van der Waals surface area contributed by atoms with E-state index in [4.69, 9.17) is 14.3 Å². The van der Waals surface area contributed by atoms with Gasteiger partial charge in [-0.1, -0.05) is 31.1 Å². The van der Waals surface area contributed by atoms with E-state index in [2.05, 4.69) is 68.6 Å². The fraction of sp³-hybridized carbons (Fsp3) is 0.565. The summed E-state index contributed by atoms with van der Waals surface area (Å²) in [5.74, 6) is 2.86. The molecule has 0 aliphatic heterocycles. The molecular formula is C23H37IN4O2. The van der Waals surface area contributed by atoms with Gasteiger partial charge in [-0.05, 0) is 52.7 Å². The van der Waals surface area contributed by atoms with Crippen LogP contribution in [0.1, 0.15) is 68.2 Å². The molecule has 2 rings (SSSR count). The molecule has 0 radical (unpaired) electrons. The van der Waals surface area contributed by atoms with Crippen molar-refractivity contribution in [3.05, 3.63) is 46.3 Å². The van der Waals surface area contributed by atoms with Gasteiger partial charge in [0.1, 0.15) is 11.5 Å². The van der Waals surface area contributed by atoms with Crippen LogP contribution in [0.25, 0.3) is 0 Å². The van der Waals surface area contributed by atoms with Gasteiger partial charge < -0.3 is 19.9 Å². The molecule has 0 saturated carbocycles. The molecule has 0 aliphatic rings. The monoisotopic (exact) mass is 528 g/mol. The van der Waals surface area contributed by atoms with Gasteiger partial charge in [0.15, 0.2) is 5.96 Å². The van der Waals surface area contributed by atoms with Crippen molar-refractivity contribution < 1.29 is 9.26 Å². The maximum atomic E-state index is 6.11. The van der Waals surface area contributed by atoms with Crippen molar-refractivity contribution in [2.75, 3.05) is 13.1 Å². The van der Waals surface area contributed by atoms with Gasteiger partial charge in [0.25, 0.3) is 0 Å². The molecule has 0 aliphatic carbocycles. The van der Waals surface area contributed by atoms with E-state index in [9.17, 15) is 0 Å². The van der Waals surface area contributed by atoms with Gasteiger partial charge in [-0.2, -0.15) is 0 Å². The second-order valence-corrected chi connectivity index (χ2v) is 7.66. The Morgan fingerprint density at radius 3 is 2.50 bits per heavy atom. The highest BCUT2D eigenvalue weighted by atomic mass is 127. The Hall–Kier alpha value is -1.77. The smallest absolute Gasteiger partial charge is 0.191 e. The van der Waals surface area contributed by atoms with Gasteiger partial charge in [-0.3, -0.25) is 0 Å². The quantitative estimate of drug-likeness (QED) is 0.264. The molecule has 7 heteroatoms. The van der Waals surface area contributed by atoms with Crippen molar-refractivity contribution >= 4 is 29.9 Å².